The summed E-state index contributed by atoms with van der Waals surface area (Å²) >= 11 is 0. The van der Waals surface area contributed by atoms with Crippen molar-refractivity contribution in [3.8, 4) is 5.75 Å². The smallest absolute Gasteiger partial charge is 0.227 e. The Morgan fingerprint density at radius 2 is 1.93 bits per heavy atom. The number of amides is 2. The summed E-state index contributed by atoms with van der Waals surface area (Å²) in [5.74, 6) is -0.336. The van der Waals surface area contributed by atoms with E-state index in [1.165, 1.54) is 12.1 Å². The van der Waals surface area contributed by atoms with E-state index in [1.807, 2.05) is 50.2 Å². The van der Waals surface area contributed by atoms with E-state index in [9.17, 15) is 14.0 Å². The van der Waals surface area contributed by atoms with Crippen molar-refractivity contribution in [1.82, 2.24) is 10.2 Å². The number of para-hydroxylation sites is 2. The number of ether oxygens (including phenoxy) is 1. The van der Waals surface area contributed by atoms with Crippen molar-refractivity contribution in [3.05, 3.63) is 59.9 Å². The Morgan fingerprint density at radius 1 is 1.23 bits per heavy atom. The average molecular weight is 413 g/mol. The molecule has 1 fully saturated rings. The first-order chi connectivity index (χ1) is 14.4. The molecule has 2 amide bonds. The monoisotopic (exact) mass is 413 g/mol. The van der Waals surface area contributed by atoms with Crippen LogP contribution in [0.1, 0.15) is 24.9 Å². The van der Waals surface area contributed by atoms with Gasteiger partial charge in [-0.15, -0.1) is 0 Å². The van der Waals surface area contributed by atoms with Gasteiger partial charge in [0.15, 0.2) is 0 Å². The number of likely N-dealkylation sites (N-methyl/N-ethyl adjacent to an activating group) is 1. The van der Waals surface area contributed by atoms with Gasteiger partial charge in [-0.25, -0.2) is 4.39 Å². The standard InChI is InChI=1S/C23H28FN3O3/c1-4-30-21-8-6-5-7-19(21)27-15-17(13-22(27)28)23(29)25-14-20(26(2)3)16-9-11-18(24)12-10-16/h5-12,17,20H,4,13-15H2,1-3H3,(H,25,29). The molecule has 0 bridgehead atoms. The van der Waals surface area contributed by atoms with Crippen molar-refractivity contribution in [2.75, 3.05) is 38.7 Å². The van der Waals surface area contributed by atoms with Crippen LogP contribution in [0.5, 0.6) is 5.75 Å². The summed E-state index contributed by atoms with van der Waals surface area (Å²) in [5, 5.41) is 2.97. The van der Waals surface area contributed by atoms with E-state index in [0.29, 0.717) is 31.1 Å². The van der Waals surface area contributed by atoms with Gasteiger partial charge >= 0.3 is 0 Å². The zero-order valence-corrected chi connectivity index (χ0v) is 17.6. The van der Waals surface area contributed by atoms with E-state index in [-0.39, 0.29) is 30.1 Å². The van der Waals surface area contributed by atoms with Crippen LogP contribution < -0.4 is 15.0 Å². The minimum absolute atomic E-state index is 0.0926. The first kappa shape index (κ1) is 21.8. The SMILES string of the molecule is CCOc1ccccc1N1CC(C(=O)NCC(c2ccc(F)cc2)N(C)C)CC1=O. The normalized spacial score (nSPS) is 17.3. The number of halogens is 1. The van der Waals surface area contributed by atoms with Crippen LogP contribution in [0.15, 0.2) is 48.5 Å². The highest BCUT2D eigenvalue weighted by Crippen LogP contribution is 2.33. The second kappa shape index (κ2) is 9.71. The van der Waals surface area contributed by atoms with Crippen molar-refractivity contribution in [3.63, 3.8) is 0 Å². The van der Waals surface area contributed by atoms with Gasteiger partial charge in [-0.3, -0.25) is 9.59 Å². The highest BCUT2D eigenvalue weighted by atomic mass is 19.1. The third kappa shape index (κ3) is 4.97. The Kier molecular flexibility index (Phi) is 7.05. The molecular formula is C23H28FN3O3. The largest absolute Gasteiger partial charge is 0.492 e. The summed E-state index contributed by atoms with van der Waals surface area (Å²) in [7, 11) is 3.82. The quantitative estimate of drug-likeness (QED) is 0.723. The molecule has 6 nitrogen and oxygen atoms in total. The predicted molar refractivity (Wildman–Crippen MR) is 114 cm³/mol. The summed E-state index contributed by atoms with van der Waals surface area (Å²) < 4.78 is 18.9. The van der Waals surface area contributed by atoms with Crippen LogP contribution in [0.25, 0.3) is 0 Å². The lowest BCUT2D eigenvalue weighted by molar-refractivity contribution is -0.126. The van der Waals surface area contributed by atoms with Gasteiger partial charge in [0.1, 0.15) is 11.6 Å². The molecule has 160 valence electrons. The topological polar surface area (TPSA) is 61.9 Å². The Hall–Kier alpha value is -2.93. The minimum Gasteiger partial charge on any atom is -0.492 e. The van der Waals surface area contributed by atoms with Crippen molar-refractivity contribution >= 4 is 17.5 Å². The third-order valence-electron chi connectivity index (χ3n) is 5.30. The van der Waals surface area contributed by atoms with Crippen molar-refractivity contribution in [2.45, 2.75) is 19.4 Å². The maximum atomic E-state index is 13.2. The average Bonchev–Trinajstić information content (AvgIpc) is 3.11. The number of carbonyl (C=O) groups excluding carboxylic acids is 2. The van der Waals surface area contributed by atoms with Crippen molar-refractivity contribution in [2.24, 2.45) is 5.92 Å². The number of nitrogens with zero attached hydrogens (tertiary/aromatic N) is 2. The van der Waals surface area contributed by atoms with E-state index in [4.69, 9.17) is 4.74 Å². The van der Waals surface area contributed by atoms with Gasteiger partial charge in [0, 0.05) is 19.5 Å². The minimum atomic E-state index is -0.428. The highest BCUT2D eigenvalue weighted by Gasteiger charge is 2.36. The molecule has 0 saturated carbocycles. The lowest BCUT2D eigenvalue weighted by atomic mass is 10.0. The lowest BCUT2D eigenvalue weighted by Crippen LogP contribution is -2.38. The molecule has 0 spiro atoms. The number of rotatable bonds is 8. The lowest BCUT2D eigenvalue weighted by Gasteiger charge is -2.26. The second-order valence-corrected chi connectivity index (χ2v) is 7.58. The van der Waals surface area contributed by atoms with Gasteiger partial charge in [-0.2, -0.15) is 0 Å². The summed E-state index contributed by atoms with van der Waals surface area (Å²) in [4.78, 5) is 29.0. The summed E-state index contributed by atoms with van der Waals surface area (Å²) in [6, 6.07) is 13.5. The van der Waals surface area contributed by atoms with Crippen LogP contribution in [0.2, 0.25) is 0 Å². The molecule has 3 rings (SSSR count). The second-order valence-electron chi connectivity index (χ2n) is 7.58. The summed E-state index contributed by atoms with van der Waals surface area (Å²) in [5.41, 5.74) is 1.61. The van der Waals surface area contributed by atoms with E-state index in [1.54, 1.807) is 17.0 Å². The molecule has 1 N–H and O–H groups in total. The molecule has 1 aliphatic heterocycles. The van der Waals surface area contributed by atoms with Crippen LogP contribution in [0.4, 0.5) is 10.1 Å². The molecule has 30 heavy (non-hydrogen) atoms. The molecule has 1 aliphatic rings. The van der Waals surface area contributed by atoms with Crippen molar-refractivity contribution < 1.29 is 18.7 Å². The van der Waals surface area contributed by atoms with Gasteiger partial charge in [0.2, 0.25) is 11.8 Å². The number of nitrogens with one attached hydrogen (secondary N) is 1. The van der Waals surface area contributed by atoms with Gasteiger partial charge in [-0.05, 0) is 50.8 Å². The Bertz CT molecular complexity index is 886. The molecular weight excluding hydrogens is 385 g/mol. The van der Waals surface area contributed by atoms with Crippen LogP contribution in [-0.2, 0) is 9.59 Å². The maximum Gasteiger partial charge on any atom is 0.227 e. The van der Waals surface area contributed by atoms with E-state index in [0.717, 1.165) is 5.56 Å². The number of hydrogen-bond donors (Lipinski definition) is 1. The van der Waals surface area contributed by atoms with Gasteiger partial charge in [0.25, 0.3) is 0 Å². The van der Waals surface area contributed by atoms with E-state index < -0.39 is 5.92 Å². The van der Waals surface area contributed by atoms with Gasteiger partial charge < -0.3 is 19.9 Å². The maximum absolute atomic E-state index is 13.2. The Balaban J connectivity index is 1.65. The molecule has 1 heterocycles. The molecule has 2 atom stereocenters. The molecule has 0 radical (unpaired) electrons. The fraction of sp³-hybridized carbons (Fsp3) is 0.391. The fourth-order valence-corrected chi connectivity index (χ4v) is 3.70. The zero-order valence-electron chi connectivity index (χ0n) is 17.6. The van der Waals surface area contributed by atoms with E-state index >= 15 is 0 Å². The number of anilines is 1. The molecule has 2 unspecified atom stereocenters. The molecule has 0 aliphatic carbocycles. The summed E-state index contributed by atoms with van der Waals surface area (Å²) in [6.45, 7) is 3.08. The number of benzene rings is 2. The predicted octanol–water partition coefficient (Wildman–Crippen LogP) is 3.00. The molecule has 0 aromatic heterocycles. The van der Waals surface area contributed by atoms with Crippen LogP contribution in [0, 0.1) is 11.7 Å². The van der Waals surface area contributed by atoms with Gasteiger partial charge in [-0.1, -0.05) is 24.3 Å². The van der Waals surface area contributed by atoms with Crippen molar-refractivity contribution in [1.29, 1.82) is 0 Å². The number of hydrogen-bond acceptors (Lipinski definition) is 4. The Morgan fingerprint density at radius 3 is 2.60 bits per heavy atom. The highest BCUT2D eigenvalue weighted by molar-refractivity contribution is 6.01. The number of carbonyl (C=O) groups is 2. The first-order valence-electron chi connectivity index (χ1n) is 10.1. The van der Waals surface area contributed by atoms with Crippen LogP contribution >= 0.6 is 0 Å². The zero-order chi connectivity index (χ0) is 21.7. The molecule has 7 heteroatoms. The third-order valence-corrected chi connectivity index (χ3v) is 5.30. The van der Waals surface area contributed by atoms with E-state index in [2.05, 4.69) is 5.32 Å². The fourth-order valence-electron chi connectivity index (χ4n) is 3.70. The molecule has 1 saturated heterocycles. The Labute approximate surface area is 176 Å². The summed E-state index contributed by atoms with van der Waals surface area (Å²) in [6.07, 6.45) is 0.162. The van der Waals surface area contributed by atoms with Crippen LogP contribution in [-0.4, -0.2) is 50.5 Å². The molecule has 2 aromatic carbocycles. The van der Waals surface area contributed by atoms with Crippen LogP contribution in [0.3, 0.4) is 0 Å². The molecule has 2 aromatic rings. The first-order valence-corrected chi connectivity index (χ1v) is 10.1. The van der Waals surface area contributed by atoms with Gasteiger partial charge in [0.05, 0.1) is 24.3 Å².